The Hall–Kier alpha value is -0.340. The molecule has 2 heteroatoms. The predicted octanol–water partition coefficient (Wildman–Crippen LogP) is 10.2. The molecule has 0 heterocycles. The Morgan fingerprint density at radius 3 is 1.54 bits per heavy atom. The monoisotopic (exact) mass is 493 g/mol. The van der Waals surface area contributed by atoms with E-state index in [2.05, 4.69) is 77.3 Å². The summed E-state index contributed by atoms with van der Waals surface area (Å²) in [5.74, 6) is 3.18. The average molecular weight is 493 g/mol. The summed E-state index contributed by atoms with van der Waals surface area (Å²) in [7, 11) is 0. The van der Waals surface area contributed by atoms with E-state index in [9.17, 15) is 0 Å². The smallest absolute Gasteiger partial charge is 0.0506 e. The standard InChI is InChI=1S/C33H68N2/c1-9-16-20-24-33(23-19-12-4)28-34(25-30(8)13-5)29-35(26-31(14-6)21-17-10-2)27-32(15-7)22-18-11-3/h20,24,30-33H,9-19,21-23,25-29H2,1-8H3/b24-20+. The molecule has 0 saturated carbocycles. The summed E-state index contributed by atoms with van der Waals surface area (Å²) in [4.78, 5) is 5.74. The minimum atomic E-state index is 0.705. The first-order valence-electron chi connectivity index (χ1n) is 16.1. The molecule has 0 aromatic heterocycles. The molecule has 0 radical (unpaired) electrons. The summed E-state index contributed by atoms with van der Waals surface area (Å²) < 4.78 is 0. The molecule has 0 aromatic rings. The van der Waals surface area contributed by atoms with Crippen molar-refractivity contribution in [2.75, 3.05) is 32.8 Å². The molecule has 0 aliphatic rings. The van der Waals surface area contributed by atoms with Gasteiger partial charge in [0.2, 0.25) is 0 Å². The van der Waals surface area contributed by atoms with Gasteiger partial charge in [0.25, 0.3) is 0 Å². The first-order valence-corrected chi connectivity index (χ1v) is 16.1. The molecule has 0 amide bonds. The molecule has 210 valence electrons. The van der Waals surface area contributed by atoms with Crippen molar-refractivity contribution in [3.63, 3.8) is 0 Å². The van der Waals surface area contributed by atoms with Crippen LogP contribution in [0.25, 0.3) is 0 Å². The minimum absolute atomic E-state index is 0.705. The van der Waals surface area contributed by atoms with Gasteiger partial charge in [-0.15, -0.1) is 0 Å². The zero-order chi connectivity index (χ0) is 26.3. The Morgan fingerprint density at radius 2 is 1.09 bits per heavy atom. The van der Waals surface area contributed by atoms with Crippen LogP contribution in [0.1, 0.15) is 145 Å². The van der Waals surface area contributed by atoms with Crippen molar-refractivity contribution in [1.29, 1.82) is 0 Å². The molecule has 0 rings (SSSR count). The highest BCUT2D eigenvalue weighted by atomic mass is 15.3. The van der Waals surface area contributed by atoms with Gasteiger partial charge in [0.05, 0.1) is 6.67 Å². The molecule has 0 bridgehead atoms. The quantitative estimate of drug-likeness (QED) is 0.0923. The molecule has 4 unspecified atom stereocenters. The van der Waals surface area contributed by atoms with E-state index in [1.54, 1.807) is 0 Å². The van der Waals surface area contributed by atoms with Crippen LogP contribution in [-0.4, -0.2) is 42.6 Å². The zero-order valence-electron chi connectivity index (χ0n) is 25.8. The minimum Gasteiger partial charge on any atom is -0.290 e. The van der Waals surface area contributed by atoms with Crippen LogP contribution in [0, 0.1) is 23.7 Å². The van der Waals surface area contributed by atoms with Gasteiger partial charge in [0.15, 0.2) is 0 Å². The fourth-order valence-electron chi connectivity index (χ4n) is 5.30. The van der Waals surface area contributed by atoms with E-state index in [0.717, 1.165) is 17.8 Å². The molecule has 0 aliphatic heterocycles. The Morgan fingerprint density at radius 1 is 0.571 bits per heavy atom. The largest absolute Gasteiger partial charge is 0.290 e. The molecule has 0 aliphatic carbocycles. The normalized spacial score (nSPS) is 15.8. The van der Waals surface area contributed by atoms with Gasteiger partial charge in [-0.2, -0.15) is 0 Å². The highest BCUT2D eigenvalue weighted by Crippen LogP contribution is 2.21. The van der Waals surface area contributed by atoms with Gasteiger partial charge in [-0.25, -0.2) is 0 Å². The second-order valence-electron chi connectivity index (χ2n) is 11.7. The van der Waals surface area contributed by atoms with Crippen LogP contribution in [0.2, 0.25) is 0 Å². The van der Waals surface area contributed by atoms with Gasteiger partial charge >= 0.3 is 0 Å². The molecule has 0 N–H and O–H groups in total. The van der Waals surface area contributed by atoms with Gasteiger partial charge in [-0.3, -0.25) is 9.80 Å². The fraction of sp³-hybridized carbons (Fsp3) is 0.939. The maximum absolute atomic E-state index is 2.89. The van der Waals surface area contributed by atoms with Crippen LogP contribution in [0.3, 0.4) is 0 Å². The SMILES string of the molecule is CCC/C=C/C(CCCC)CN(CC(C)CC)CN(CC(CC)CCCC)CC(CC)CCCC. The Kier molecular flexibility index (Phi) is 23.8. The first-order chi connectivity index (χ1) is 17.0. The number of hydrogen-bond acceptors (Lipinski definition) is 2. The highest BCUT2D eigenvalue weighted by Gasteiger charge is 2.22. The van der Waals surface area contributed by atoms with Gasteiger partial charge < -0.3 is 0 Å². The van der Waals surface area contributed by atoms with Crippen molar-refractivity contribution in [2.24, 2.45) is 23.7 Å². The lowest BCUT2D eigenvalue weighted by Crippen LogP contribution is -2.45. The third-order valence-electron chi connectivity index (χ3n) is 8.07. The summed E-state index contributed by atoms with van der Waals surface area (Å²) >= 11 is 0. The summed E-state index contributed by atoms with van der Waals surface area (Å²) in [6.07, 6.45) is 23.7. The molecular formula is C33H68N2. The molecule has 2 nitrogen and oxygen atoms in total. The summed E-state index contributed by atoms with van der Waals surface area (Å²) in [5.41, 5.74) is 0. The van der Waals surface area contributed by atoms with E-state index in [-0.39, 0.29) is 0 Å². The molecule has 0 fully saturated rings. The maximum atomic E-state index is 2.89. The van der Waals surface area contributed by atoms with E-state index >= 15 is 0 Å². The van der Waals surface area contributed by atoms with Crippen molar-refractivity contribution in [1.82, 2.24) is 9.80 Å². The van der Waals surface area contributed by atoms with Crippen molar-refractivity contribution >= 4 is 0 Å². The van der Waals surface area contributed by atoms with Crippen LogP contribution < -0.4 is 0 Å². The number of unbranched alkanes of at least 4 members (excludes halogenated alkanes) is 4. The lowest BCUT2D eigenvalue weighted by molar-refractivity contribution is 0.0763. The van der Waals surface area contributed by atoms with Crippen LogP contribution in [0.15, 0.2) is 12.2 Å². The average Bonchev–Trinajstić information content (AvgIpc) is 2.86. The Labute approximate surface area is 223 Å². The van der Waals surface area contributed by atoms with Crippen molar-refractivity contribution < 1.29 is 0 Å². The third kappa shape index (κ3) is 18.5. The number of hydrogen-bond donors (Lipinski definition) is 0. The molecule has 0 aromatic carbocycles. The lowest BCUT2D eigenvalue weighted by atomic mass is 9.95. The second-order valence-corrected chi connectivity index (χ2v) is 11.7. The molecule has 4 atom stereocenters. The van der Waals surface area contributed by atoms with E-state index < -0.39 is 0 Å². The van der Waals surface area contributed by atoms with Crippen molar-refractivity contribution in [2.45, 2.75) is 145 Å². The van der Waals surface area contributed by atoms with E-state index in [0.29, 0.717) is 5.92 Å². The van der Waals surface area contributed by atoms with Crippen LogP contribution in [-0.2, 0) is 0 Å². The van der Waals surface area contributed by atoms with Gasteiger partial charge in [-0.05, 0) is 49.4 Å². The maximum Gasteiger partial charge on any atom is 0.0506 e. The van der Waals surface area contributed by atoms with Gasteiger partial charge in [0, 0.05) is 26.2 Å². The summed E-state index contributed by atoms with van der Waals surface area (Å²) in [6.45, 7) is 25.2. The van der Waals surface area contributed by atoms with Gasteiger partial charge in [-0.1, -0.05) is 132 Å². The predicted molar refractivity (Wildman–Crippen MR) is 161 cm³/mol. The van der Waals surface area contributed by atoms with E-state index in [4.69, 9.17) is 0 Å². The molecule has 0 saturated heterocycles. The third-order valence-corrected chi connectivity index (χ3v) is 8.07. The summed E-state index contributed by atoms with van der Waals surface area (Å²) in [6, 6.07) is 0. The second kappa shape index (κ2) is 24.0. The number of nitrogens with zero attached hydrogens (tertiary/aromatic N) is 2. The van der Waals surface area contributed by atoms with Crippen LogP contribution in [0.5, 0.6) is 0 Å². The van der Waals surface area contributed by atoms with Crippen LogP contribution >= 0.6 is 0 Å². The Bertz CT molecular complexity index is 442. The topological polar surface area (TPSA) is 6.48 Å². The van der Waals surface area contributed by atoms with E-state index in [1.807, 2.05) is 0 Å². The molecular weight excluding hydrogens is 424 g/mol. The van der Waals surface area contributed by atoms with Crippen molar-refractivity contribution in [3.8, 4) is 0 Å². The number of allylic oxidation sites excluding steroid dienone is 1. The number of rotatable bonds is 25. The van der Waals surface area contributed by atoms with Crippen molar-refractivity contribution in [3.05, 3.63) is 12.2 Å². The van der Waals surface area contributed by atoms with Gasteiger partial charge in [0.1, 0.15) is 0 Å². The molecule has 35 heavy (non-hydrogen) atoms. The Balaban J connectivity index is 5.64. The fourth-order valence-corrected chi connectivity index (χ4v) is 5.30. The molecule has 0 spiro atoms. The lowest BCUT2D eigenvalue weighted by Gasteiger charge is -2.37. The van der Waals surface area contributed by atoms with Crippen LogP contribution in [0.4, 0.5) is 0 Å². The zero-order valence-corrected chi connectivity index (χ0v) is 25.8. The first kappa shape index (κ1) is 34.7. The highest BCUT2D eigenvalue weighted by molar-refractivity contribution is 4.90. The van der Waals surface area contributed by atoms with E-state index in [1.165, 1.54) is 123 Å². The summed E-state index contributed by atoms with van der Waals surface area (Å²) in [5, 5.41) is 0.